The van der Waals surface area contributed by atoms with Crippen molar-refractivity contribution in [3.63, 3.8) is 0 Å². The van der Waals surface area contributed by atoms with Crippen LogP contribution in [0.4, 0.5) is 5.69 Å². The second-order valence-corrected chi connectivity index (χ2v) is 9.47. The lowest BCUT2D eigenvalue weighted by molar-refractivity contribution is -0.112. The van der Waals surface area contributed by atoms with Crippen molar-refractivity contribution in [2.75, 3.05) is 5.32 Å². The van der Waals surface area contributed by atoms with E-state index in [0.717, 1.165) is 11.1 Å². The van der Waals surface area contributed by atoms with Crippen LogP contribution in [0.2, 0.25) is 15.1 Å². The van der Waals surface area contributed by atoms with Gasteiger partial charge < -0.3 is 14.8 Å². The molecular formula is C30H21Cl3N2O3. The maximum atomic E-state index is 12.8. The summed E-state index contributed by atoms with van der Waals surface area (Å²) in [4.78, 5) is 12.8. The molecule has 0 fully saturated rings. The van der Waals surface area contributed by atoms with Gasteiger partial charge in [0.25, 0.3) is 5.91 Å². The van der Waals surface area contributed by atoms with Crippen molar-refractivity contribution >= 4 is 52.5 Å². The summed E-state index contributed by atoms with van der Waals surface area (Å²) in [5.74, 6) is 0.549. The third kappa shape index (κ3) is 7.77. The third-order valence-corrected chi connectivity index (χ3v) is 6.11. The fraction of sp³-hybridized carbons (Fsp3) is 0.0667. The van der Waals surface area contributed by atoms with E-state index in [2.05, 4.69) is 5.32 Å². The highest BCUT2D eigenvalue weighted by Crippen LogP contribution is 2.27. The van der Waals surface area contributed by atoms with E-state index in [1.165, 1.54) is 6.08 Å². The first kappa shape index (κ1) is 27.1. The average molecular weight is 564 g/mol. The monoisotopic (exact) mass is 562 g/mol. The Morgan fingerprint density at radius 3 is 1.89 bits per heavy atom. The van der Waals surface area contributed by atoms with Gasteiger partial charge in [-0.3, -0.25) is 4.79 Å². The Hall–Kier alpha value is -3.95. The number of carbonyl (C=O) groups excluding carboxylic acids is 1. The van der Waals surface area contributed by atoms with Crippen LogP contribution in [0.5, 0.6) is 11.5 Å². The van der Waals surface area contributed by atoms with Crippen LogP contribution in [0.1, 0.15) is 16.7 Å². The quantitative estimate of drug-likeness (QED) is 0.164. The molecule has 0 aliphatic rings. The molecule has 0 aliphatic heterocycles. The summed E-state index contributed by atoms with van der Waals surface area (Å²) in [5, 5.41) is 14.1. The summed E-state index contributed by atoms with van der Waals surface area (Å²) in [6, 6.07) is 28.5. The summed E-state index contributed by atoms with van der Waals surface area (Å²) in [6.07, 6.45) is 1.45. The van der Waals surface area contributed by atoms with E-state index in [-0.39, 0.29) is 12.2 Å². The highest BCUT2D eigenvalue weighted by atomic mass is 35.5. The van der Waals surface area contributed by atoms with Gasteiger partial charge in [0.15, 0.2) is 0 Å². The molecule has 0 aromatic heterocycles. The van der Waals surface area contributed by atoms with Crippen LogP contribution in [0.3, 0.4) is 0 Å². The maximum Gasteiger partial charge on any atom is 0.266 e. The van der Waals surface area contributed by atoms with Crippen molar-refractivity contribution < 1.29 is 14.3 Å². The zero-order chi connectivity index (χ0) is 26.9. The number of halogens is 3. The predicted molar refractivity (Wildman–Crippen MR) is 152 cm³/mol. The molecule has 0 saturated heterocycles. The van der Waals surface area contributed by atoms with Gasteiger partial charge in [0.1, 0.15) is 36.4 Å². The summed E-state index contributed by atoms with van der Waals surface area (Å²) < 4.78 is 11.7. The van der Waals surface area contributed by atoms with Crippen molar-refractivity contribution in [3.05, 3.63) is 128 Å². The Balaban J connectivity index is 1.41. The number of hydrogen-bond donors (Lipinski definition) is 1. The lowest BCUT2D eigenvalue weighted by Gasteiger charge is -2.11. The first-order valence-corrected chi connectivity index (χ1v) is 12.6. The van der Waals surface area contributed by atoms with E-state index in [1.54, 1.807) is 66.7 Å². The number of nitrogens with one attached hydrogen (secondary N) is 1. The highest BCUT2D eigenvalue weighted by molar-refractivity contribution is 6.31. The Bertz CT molecular complexity index is 1480. The largest absolute Gasteiger partial charge is 0.489 e. The van der Waals surface area contributed by atoms with E-state index in [9.17, 15) is 10.1 Å². The lowest BCUT2D eigenvalue weighted by atomic mass is 10.1. The molecule has 1 N–H and O–H groups in total. The van der Waals surface area contributed by atoms with Gasteiger partial charge in [-0.1, -0.05) is 59.1 Å². The molecule has 0 bridgehead atoms. The van der Waals surface area contributed by atoms with Gasteiger partial charge in [-0.25, -0.2) is 0 Å². The zero-order valence-corrected chi connectivity index (χ0v) is 22.2. The second kappa shape index (κ2) is 13.0. The van der Waals surface area contributed by atoms with Crippen LogP contribution >= 0.6 is 34.8 Å². The highest BCUT2D eigenvalue weighted by Gasteiger charge is 2.13. The summed E-state index contributed by atoms with van der Waals surface area (Å²) in [6.45, 7) is 0.659. The zero-order valence-electron chi connectivity index (χ0n) is 20.0. The van der Waals surface area contributed by atoms with Gasteiger partial charge in [0.2, 0.25) is 0 Å². The van der Waals surface area contributed by atoms with Crippen molar-refractivity contribution in [1.29, 1.82) is 5.26 Å². The van der Waals surface area contributed by atoms with Gasteiger partial charge in [-0.05, 0) is 83.9 Å². The molecule has 0 spiro atoms. The first-order chi connectivity index (χ1) is 18.4. The number of amides is 1. The normalized spacial score (nSPS) is 10.9. The van der Waals surface area contributed by atoms with Gasteiger partial charge >= 0.3 is 0 Å². The molecule has 8 heteroatoms. The number of hydrogen-bond acceptors (Lipinski definition) is 4. The van der Waals surface area contributed by atoms with E-state index < -0.39 is 5.91 Å². The fourth-order valence-corrected chi connectivity index (χ4v) is 3.82. The molecule has 0 saturated carbocycles. The van der Waals surface area contributed by atoms with Crippen LogP contribution in [0.15, 0.2) is 96.6 Å². The van der Waals surface area contributed by atoms with Crippen molar-refractivity contribution in [2.45, 2.75) is 13.2 Å². The Morgan fingerprint density at radius 1 is 0.763 bits per heavy atom. The third-order valence-electron chi connectivity index (χ3n) is 5.38. The molecule has 0 unspecified atom stereocenters. The molecule has 4 aromatic rings. The Kier molecular flexibility index (Phi) is 9.29. The van der Waals surface area contributed by atoms with E-state index in [4.69, 9.17) is 44.3 Å². The number of nitriles is 1. The molecule has 1 amide bonds. The number of carbonyl (C=O) groups is 1. The standard InChI is InChI=1S/C30H21Cl3N2O3/c31-24-5-1-20(2-6-24)18-37-28-12-10-27(11-13-28)35-30(36)23(17-34)15-22-16-26(33)9-14-29(22)38-19-21-3-7-25(32)8-4-21/h1-16H,18-19H2,(H,35,36)/b23-15+. The second-order valence-electron chi connectivity index (χ2n) is 8.16. The molecule has 5 nitrogen and oxygen atoms in total. The van der Waals surface area contributed by atoms with Crippen molar-refractivity contribution in [2.24, 2.45) is 0 Å². The van der Waals surface area contributed by atoms with Gasteiger partial charge in [0.05, 0.1) is 0 Å². The minimum absolute atomic E-state index is 0.105. The Labute approximate surface area is 235 Å². The van der Waals surface area contributed by atoms with E-state index >= 15 is 0 Å². The molecule has 4 aromatic carbocycles. The van der Waals surface area contributed by atoms with Gasteiger partial charge in [-0.2, -0.15) is 5.26 Å². The summed E-state index contributed by atoms with van der Waals surface area (Å²) in [7, 11) is 0. The molecule has 0 heterocycles. The number of nitrogens with zero attached hydrogens (tertiary/aromatic N) is 1. The van der Waals surface area contributed by atoms with E-state index in [0.29, 0.717) is 44.4 Å². The SMILES string of the molecule is N#C/C(=C\c1cc(Cl)ccc1OCc1ccc(Cl)cc1)C(=O)Nc1ccc(OCc2ccc(Cl)cc2)cc1. The molecule has 4 rings (SSSR count). The number of rotatable bonds is 9. The molecule has 38 heavy (non-hydrogen) atoms. The number of ether oxygens (including phenoxy) is 2. The van der Waals surface area contributed by atoms with Crippen LogP contribution in [-0.4, -0.2) is 5.91 Å². The molecule has 0 atom stereocenters. The van der Waals surface area contributed by atoms with Gasteiger partial charge in [-0.15, -0.1) is 0 Å². The van der Waals surface area contributed by atoms with Crippen molar-refractivity contribution in [3.8, 4) is 17.6 Å². The van der Waals surface area contributed by atoms with Crippen LogP contribution in [-0.2, 0) is 18.0 Å². The van der Waals surface area contributed by atoms with E-state index in [1.807, 2.05) is 30.3 Å². The Morgan fingerprint density at radius 2 is 1.32 bits per heavy atom. The topological polar surface area (TPSA) is 71.3 Å². The molecule has 190 valence electrons. The first-order valence-electron chi connectivity index (χ1n) is 11.5. The molecular weight excluding hydrogens is 543 g/mol. The summed E-state index contributed by atoms with van der Waals surface area (Å²) in [5.41, 5.74) is 2.81. The minimum Gasteiger partial charge on any atom is -0.489 e. The molecule has 0 aliphatic carbocycles. The summed E-state index contributed by atoms with van der Waals surface area (Å²) >= 11 is 18.0. The smallest absolute Gasteiger partial charge is 0.266 e. The lowest BCUT2D eigenvalue weighted by Crippen LogP contribution is -2.13. The maximum absolute atomic E-state index is 12.8. The predicted octanol–water partition coefficient (Wildman–Crippen LogP) is 8.35. The molecule has 0 radical (unpaired) electrons. The number of anilines is 1. The average Bonchev–Trinajstić information content (AvgIpc) is 2.92. The minimum atomic E-state index is -0.564. The number of benzene rings is 4. The van der Waals surface area contributed by atoms with Crippen LogP contribution < -0.4 is 14.8 Å². The van der Waals surface area contributed by atoms with Crippen LogP contribution in [0.25, 0.3) is 6.08 Å². The fourth-order valence-electron chi connectivity index (χ4n) is 3.39. The van der Waals surface area contributed by atoms with Crippen LogP contribution in [0, 0.1) is 11.3 Å². The van der Waals surface area contributed by atoms with Crippen molar-refractivity contribution in [1.82, 2.24) is 0 Å². The van der Waals surface area contributed by atoms with Gasteiger partial charge in [0, 0.05) is 26.3 Å².